The molecule has 0 aliphatic carbocycles. The van der Waals surface area contributed by atoms with E-state index in [9.17, 15) is 9.50 Å². The molecule has 1 N–H and O–H groups in total. The third-order valence-corrected chi connectivity index (χ3v) is 1.90. The molecule has 0 saturated carbocycles. The van der Waals surface area contributed by atoms with Crippen molar-refractivity contribution < 1.29 is 14.2 Å². The van der Waals surface area contributed by atoms with E-state index in [1.54, 1.807) is 12.1 Å². The summed E-state index contributed by atoms with van der Waals surface area (Å²) in [6.07, 6.45) is -0.0132. The van der Waals surface area contributed by atoms with Crippen LogP contribution in [0.1, 0.15) is 12.5 Å². The molecule has 0 aliphatic rings. The maximum Gasteiger partial charge on any atom is 0.123 e. The Hall–Kier alpha value is -0.930. The lowest BCUT2D eigenvalue weighted by Crippen LogP contribution is -2.17. The highest BCUT2D eigenvalue weighted by Gasteiger charge is 2.05. The van der Waals surface area contributed by atoms with Crippen molar-refractivity contribution in [3.63, 3.8) is 0 Å². The molecule has 0 bridgehead atoms. The average molecular weight is 198 g/mol. The van der Waals surface area contributed by atoms with Crippen LogP contribution in [0.4, 0.5) is 4.39 Å². The number of aliphatic hydroxyl groups excluding tert-OH is 1. The van der Waals surface area contributed by atoms with Crippen LogP contribution >= 0.6 is 0 Å². The average Bonchev–Trinajstić information content (AvgIpc) is 2.18. The van der Waals surface area contributed by atoms with Crippen molar-refractivity contribution in [2.45, 2.75) is 19.4 Å². The summed E-state index contributed by atoms with van der Waals surface area (Å²) in [7, 11) is 0. The van der Waals surface area contributed by atoms with Gasteiger partial charge in [0.2, 0.25) is 0 Å². The van der Waals surface area contributed by atoms with Gasteiger partial charge in [-0.15, -0.1) is 0 Å². The maximum atomic E-state index is 12.5. The first kappa shape index (κ1) is 11.1. The molecule has 1 aromatic rings. The van der Waals surface area contributed by atoms with Crippen molar-refractivity contribution in [1.29, 1.82) is 0 Å². The fourth-order valence-corrected chi connectivity index (χ4v) is 1.21. The van der Waals surface area contributed by atoms with Crippen LogP contribution in [-0.2, 0) is 11.2 Å². The van der Waals surface area contributed by atoms with Crippen molar-refractivity contribution in [3.8, 4) is 0 Å². The number of rotatable bonds is 5. The minimum Gasteiger partial charge on any atom is -0.390 e. The summed E-state index contributed by atoms with van der Waals surface area (Å²) in [5, 5.41) is 9.48. The molecule has 1 atom stereocenters. The highest BCUT2D eigenvalue weighted by molar-refractivity contribution is 5.16. The highest BCUT2D eigenvalue weighted by atomic mass is 19.1. The van der Waals surface area contributed by atoms with Crippen LogP contribution in [0, 0.1) is 5.82 Å². The van der Waals surface area contributed by atoms with E-state index in [0.29, 0.717) is 19.6 Å². The van der Waals surface area contributed by atoms with Crippen molar-refractivity contribution in [3.05, 3.63) is 35.6 Å². The second-order valence-corrected chi connectivity index (χ2v) is 3.14. The first-order chi connectivity index (χ1) is 6.72. The van der Waals surface area contributed by atoms with Gasteiger partial charge in [-0.25, -0.2) is 4.39 Å². The summed E-state index contributed by atoms with van der Waals surface area (Å²) < 4.78 is 17.6. The van der Waals surface area contributed by atoms with Crippen LogP contribution in [0.5, 0.6) is 0 Å². The van der Waals surface area contributed by atoms with Crippen molar-refractivity contribution >= 4 is 0 Å². The molecule has 78 valence electrons. The summed E-state index contributed by atoms with van der Waals surface area (Å²) >= 11 is 0. The zero-order valence-corrected chi connectivity index (χ0v) is 8.24. The molecule has 0 radical (unpaired) electrons. The maximum absolute atomic E-state index is 12.5. The predicted octanol–water partition coefficient (Wildman–Crippen LogP) is 1.77. The van der Waals surface area contributed by atoms with E-state index in [-0.39, 0.29) is 5.82 Å². The lowest BCUT2D eigenvalue weighted by molar-refractivity contribution is 0.0430. The largest absolute Gasteiger partial charge is 0.390 e. The summed E-state index contributed by atoms with van der Waals surface area (Å²) in [6, 6.07) is 6.13. The zero-order chi connectivity index (χ0) is 10.4. The minimum atomic E-state index is -0.514. The SMILES string of the molecule is CCOCC(O)Cc1ccc(F)cc1. The molecule has 0 amide bonds. The lowest BCUT2D eigenvalue weighted by Gasteiger charge is -2.09. The topological polar surface area (TPSA) is 29.5 Å². The van der Waals surface area contributed by atoms with Crippen LogP contribution in [-0.4, -0.2) is 24.4 Å². The molecule has 1 unspecified atom stereocenters. The van der Waals surface area contributed by atoms with E-state index in [1.165, 1.54) is 12.1 Å². The molecule has 1 aromatic carbocycles. The molecule has 0 saturated heterocycles. The number of halogens is 1. The minimum absolute atomic E-state index is 0.256. The van der Waals surface area contributed by atoms with Gasteiger partial charge in [0, 0.05) is 13.0 Å². The van der Waals surface area contributed by atoms with Crippen LogP contribution in [0.2, 0.25) is 0 Å². The second kappa shape index (κ2) is 5.73. The fourth-order valence-electron chi connectivity index (χ4n) is 1.21. The first-order valence-electron chi connectivity index (χ1n) is 4.72. The molecule has 1 rings (SSSR count). The van der Waals surface area contributed by atoms with Gasteiger partial charge < -0.3 is 9.84 Å². The Labute approximate surface area is 83.3 Å². The molecule has 0 aromatic heterocycles. The Morgan fingerprint density at radius 3 is 2.57 bits per heavy atom. The van der Waals surface area contributed by atoms with E-state index in [0.717, 1.165) is 5.56 Å². The number of aliphatic hydroxyl groups is 1. The van der Waals surface area contributed by atoms with Crippen LogP contribution < -0.4 is 0 Å². The summed E-state index contributed by atoms with van der Waals surface area (Å²) in [6.45, 7) is 2.80. The zero-order valence-electron chi connectivity index (χ0n) is 8.24. The summed E-state index contributed by atoms with van der Waals surface area (Å²) in [5.41, 5.74) is 0.915. The molecule has 14 heavy (non-hydrogen) atoms. The van der Waals surface area contributed by atoms with Gasteiger partial charge in [0.05, 0.1) is 12.7 Å². The first-order valence-corrected chi connectivity index (χ1v) is 4.72. The van der Waals surface area contributed by atoms with E-state index in [1.807, 2.05) is 6.92 Å². The fraction of sp³-hybridized carbons (Fsp3) is 0.455. The van der Waals surface area contributed by atoms with E-state index in [2.05, 4.69) is 0 Å². The quantitative estimate of drug-likeness (QED) is 0.781. The number of benzene rings is 1. The standard InChI is InChI=1S/C11H15FO2/c1-2-14-8-11(13)7-9-3-5-10(12)6-4-9/h3-6,11,13H,2,7-8H2,1H3. The Kier molecular flexibility index (Phi) is 4.56. The monoisotopic (exact) mass is 198 g/mol. The third kappa shape index (κ3) is 3.85. The number of ether oxygens (including phenoxy) is 1. The van der Waals surface area contributed by atoms with Gasteiger partial charge in [-0.2, -0.15) is 0 Å². The molecule has 0 spiro atoms. The van der Waals surface area contributed by atoms with Crippen LogP contribution in [0.15, 0.2) is 24.3 Å². The second-order valence-electron chi connectivity index (χ2n) is 3.14. The van der Waals surface area contributed by atoms with Crippen LogP contribution in [0.3, 0.4) is 0 Å². The van der Waals surface area contributed by atoms with Gasteiger partial charge in [-0.05, 0) is 24.6 Å². The number of hydrogen-bond donors (Lipinski definition) is 1. The van der Waals surface area contributed by atoms with E-state index < -0.39 is 6.10 Å². The normalized spacial score (nSPS) is 12.8. The molecule has 3 heteroatoms. The van der Waals surface area contributed by atoms with Gasteiger partial charge in [-0.3, -0.25) is 0 Å². The lowest BCUT2D eigenvalue weighted by atomic mass is 10.1. The Bertz CT molecular complexity index is 258. The molecule has 0 fully saturated rings. The summed E-state index contributed by atoms with van der Waals surface area (Å²) in [4.78, 5) is 0. The Morgan fingerprint density at radius 1 is 1.36 bits per heavy atom. The van der Waals surface area contributed by atoms with E-state index >= 15 is 0 Å². The van der Waals surface area contributed by atoms with Crippen molar-refractivity contribution in [2.24, 2.45) is 0 Å². The predicted molar refractivity (Wildman–Crippen MR) is 52.6 cm³/mol. The van der Waals surface area contributed by atoms with Gasteiger partial charge in [0.15, 0.2) is 0 Å². The van der Waals surface area contributed by atoms with Crippen LogP contribution in [0.25, 0.3) is 0 Å². The van der Waals surface area contributed by atoms with Gasteiger partial charge in [0.25, 0.3) is 0 Å². The molecule has 0 heterocycles. The van der Waals surface area contributed by atoms with Gasteiger partial charge in [-0.1, -0.05) is 12.1 Å². The van der Waals surface area contributed by atoms with Crippen molar-refractivity contribution in [1.82, 2.24) is 0 Å². The molecular formula is C11H15FO2. The number of hydrogen-bond acceptors (Lipinski definition) is 2. The Balaban J connectivity index is 2.39. The van der Waals surface area contributed by atoms with Gasteiger partial charge >= 0.3 is 0 Å². The molecule has 0 aliphatic heterocycles. The molecular weight excluding hydrogens is 183 g/mol. The highest BCUT2D eigenvalue weighted by Crippen LogP contribution is 2.05. The Morgan fingerprint density at radius 2 is 2.00 bits per heavy atom. The van der Waals surface area contributed by atoms with E-state index in [4.69, 9.17) is 4.74 Å². The van der Waals surface area contributed by atoms with Gasteiger partial charge in [0.1, 0.15) is 5.82 Å². The third-order valence-electron chi connectivity index (χ3n) is 1.90. The summed E-state index contributed by atoms with van der Waals surface area (Å²) in [5.74, 6) is -0.256. The van der Waals surface area contributed by atoms with Crippen molar-refractivity contribution in [2.75, 3.05) is 13.2 Å². The molecule has 2 nitrogen and oxygen atoms in total. The smallest absolute Gasteiger partial charge is 0.123 e.